The topological polar surface area (TPSA) is 62.8 Å². The van der Waals surface area contributed by atoms with E-state index in [1.165, 1.54) is 10.6 Å². The minimum Gasteiger partial charge on any atom is -0.408 e. The summed E-state index contributed by atoms with van der Waals surface area (Å²) in [5.74, 6) is -1.35. The molecule has 1 aliphatic rings. The normalized spacial score (nSPS) is 18.7. The predicted molar refractivity (Wildman–Crippen MR) is 115 cm³/mol. The fourth-order valence-electron chi connectivity index (χ4n) is 2.99. The summed E-state index contributed by atoms with van der Waals surface area (Å²) in [6.07, 6.45) is 0. The third-order valence-electron chi connectivity index (χ3n) is 5.58. The molecule has 0 atom stereocenters. The van der Waals surface area contributed by atoms with Gasteiger partial charge in [0.25, 0.3) is 0 Å². The Morgan fingerprint density at radius 2 is 1.79 bits per heavy atom. The highest BCUT2D eigenvalue weighted by Crippen LogP contribution is 2.37. The Hall–Kier alpha value is -1.13. The van der Waals surface area contributed by atoms with Gasteiger partial charge in [-0.15, -0.1) is 0 Å². The SMILES string of the molecule is CC1(C)OB(c2cc(F)c(Cl)c3c2oc(=O)n3COCC[Si](C)(C)C)OC1(C)C. The molecule has 160 valence electrons. The van der Waals surface area contributed by atoms with Gasteiger partial charge >= 0.3 is 12.9 Å². The molecule has 0 unspecified atom stereocenters. The zero-order valence-corrected chi connectivity index (χ0v) is 19.8. The molecule has 0 saturated carbocycles. The van der Waals surface area contributed by atoms with E-state index >= 15 is 0 Å². The van der Waals surface area contributed by atoms with Crippen LogP contribution in [0.15, 0.2) is 15.3 Å². The molecule has 1 aliphatic heterocycles. The lowest BCUT2D eigenvalue weighted by atomic mass is 9.78. The van der Waals surface area contributed by atoms with Crippen LogP contribution in [0.4, 0.5) is 4.39 Å². The van der Waals surface area contributed by atoms with Crippen LogP contribution in [0.25, 0.3) is 11.1 Å². The molecule has 2 heterocycles. The van der Waals surface area contributed by atoms with Crippen LogP contribution in [0.1, 0.15) is 27.7 Å². The van der Waals surface area contributed by atoms with Gasteiger partial charge in [0.15, 0.2) is 5.58 Å². The maximum Gasteiger partial charge on any atom is 0.498 e. The monoisotopic (exact) mass is 443 g/mol. The number of benzene rings is 1. The number of ether oxygens (including phenoxy) is 1. The quantitative estimate of drug-likeness (QED) is 0.499. The third-order valence-corrected chi connectivity index (χ3v) is 7.64. The molecule has 10 heteroatoms. The highest BCUT2D eigenvalue weighted by atomic mass is 35.5. The Labute approximate surface area is 176 Å². The molecule has 3 rings (SSSR count). The van der Waals surface area contributed by atoms with Crippen LogP contribution in [-0.2, 0) is 20.8 Å². The van der Waals surface area contributed by atoms with Crippen molar-refractivity contribution in [1.82, 2.24) is 4.57 Å². The first-order valence-corrected chi connectivity index (χ1v) is 13.8. The fraction of sp³-hybridized carbons (Fsp3) is 0.632. The Morgan fingerprint density at radius 1 is 1.21 bits per heavy atom. The molecule has 0 aliphatic carbocycles. The molecule has 0 N–H and O–H groups in total. The molecule has 1 aromatic carbocycles. The van der Waals surface area contributed by atoms with E-state index in [1.807, 2.05) is 27.7 Å². The molecule has 1 fully saturated rings. The van der Waals surface area contributed by atoms with E-state index in [9.17, 15) is 9.18 Å². The second-order valence-corrected chi connectivity index (χ2v) is 15.7. The lowest BCUT2D eigenvalue weighted by molar-refractivity contribution is 0.00578. The predicted octanol–water partition coefficient (Wildman–Crippen LogP) is 4.00. The molecule has 2 aromatic rings. The van der Waals surface area contributed by atoms with Gasteiger partial charge in [-0.2, -0.15) is 0 Å². The summed E-state index contributed by atoms with van der Waals surface area (Å²) in [6.45, 7) is 14.7. The van der Waals surface area contributed by atoms with E-state index in [-0.39, 0.29) is 22.9 Å². The van der Waals surface area contributed by atoms with Crippen molar-refractivity contribution in [3.63, 3.8) is 0 Å². The number of nitrogens with zero attached hydrogens (tertiary/aromatic N) is 1. The van der Waals surface area contributed by atoms with Gasteiger partial charge < -0.3 is 18.5 Å². The number of oxazole rings is 1. The number of fused-ring (bicyclic) bond motifs is 1. The average Bonchev–Trinajstić information content (AvgIpc) is 3.00. The van der Waals surface area contributed by atoms with Gasteiger partial charge in [-0.25, -0.2) is 13.8 Å². The van der Waals surface area contributed by atoms with Crippen LogP contribution in [0.2, 0.25) is 30.7 Å². The summed E-state index contributed by atoms with van der Waals surface area (Å²) in [7, 11) is -2.16. The Morgan fingerprint density at radius 3 is 2.34 bits per heavy atom. The van der Waals surface area contributed by atoms with Crippen LogP contribution in [-0.4, -0.2) is 37.6 Å². The summed E-state index contributed by atoms with van der Waals surface area (Å²) in [5.41, 5.74) is -0.659. The van der Waals surface area contributed by atoms with Crippen molar-refractivity contribution in [2.75, 3.05) is 6.61 Å². The van der Waals surface area contributed by atoms with Crippen LogP contribution in [0.3, 0.4) is 0 Å². The molecular weight excluding hydrogens is 416 g/mol. The van der Waals surface area contributed by atoms with Crippen molar-refractivity contribution in [2.24, 2.45) is 0 Å². The molecule has 0 radical (unpaired) electrons. The minimum atomic E-state index is -1.28. The fourth-order valence-corrected chi connectivity index (χ4v) is 3.99. The standard InChI is InChI=1S/C19H28BClFNO5Si/c1-18(2)19(3,4)28-20(27-18)12-10-13(22)14(21)15-16(12)26-17(24)23(15)11-25-8-9-29(5,6)7/h10H,8-9,11H2,1-7H3. The highest BCUT2D eigenvalue weighted by molar-refractivity contribution is 6.76. The Balaban J connectivity index is 1.98. The number of rotatable bonds is 6. The van der Waals surface area contributed by atoms with E-state index < -0.39 is 38.0 Å². The first kappa shape index (κ1) is 22.6. The summed E-state index contributed by atoms with van der Waals surface area (Å²) in [6, 6.07) is 2.14. The molecule has 29 heavy (non-hydrogen) atoms. The largest absolute Gasteiger partial charge is 0.498 e. The van der Waals surface area contributed by atoms with Gasteiger partial charge in [0.1, 0.15) is 23.1 Å². The second-order valence-electron chi connectivity index (χ2n) is 9.67. The summed E-state index contributed by atoms with van der Waals surface area (Å²) >= 11 is 6.20. The van der Waals surface area contributed by atoms with Crippen LogP contribution in [0, 0.1) is 5.82 Å². The van der Waals surface area contributed by atoms with Crippen LogP contribution < -0.4 is 11.2 Å². The van der Waals surface area contributed by atoms with Crippen molar-refractivity contribution >= 4 is 43.4 Å². The maximum atomic E-state index is 14.6. The highest BCUT2D eigenvalue weighted by Gasteiger charge is 2.52. The van der Waals surface area contributed by atoms with Gasteiger partial charge in [-0.1, -0.05) is 31.2 Å². The minimum absolute atomic E-state index is 0.0672. The lowest BCUT2D eigenvalue weighted by Crippen LogP contribution is -2.41. The van der Waals surface area contributed by atoms with Crippen molar-refractivity contribution in [3.8, 4) is 0 Å². The molecule has 0 bridgehead atoms. The number of hydrogen-bond acceptors (Lipinski definition) is 5. The molecule has 1 aromatic heterocycles. The van der Waals surface area contributed by atoms with Crippen molar-refractivity contribution in [2.45, 2.75) is 71.3 Å². The first-order chi connectivity index (χ1) is 13.2. The van der Waals surface area contributed by atoms with Gasteiger partial charge in [0.05, 0.1) is 11.2 Å². The summed E-state index contributed by atoms with van der Waals surface area (Å²) in [4.78, 5) is 12.5. The maximum absolute atomic E-state index is 14.6. The van der Waals surface area contributed by atoms with Gasteiger partial charge in [0, 0.05) is 20.1 Å². The molecule has 1 saturated heterocycles. The summed E-state index contributed by atoms with van der Waals surface area (Å²) in [5, 5.41) is -0.195. The van der Waals surface area contributed by atoms with Gasteiger partial charge in [0.2, 0.25) is 0 Å². The molecule has 0 spiro atoms. The third kappa shape index (κ3) is 4.34. The van der Waals surface area contributed by atoms with Gasteiger partial charge in [-0.05, 0) is 39.8 Å². The Bertz CT molecular complexity index is 966. The zero-order chi connectivity index (χ0) is 21.8. The van der Waals surface area contributed by atoms with E-state index in [4.69, 9.17) is 30.1 Å². The van der Waals surface area contributed by atoms with Gasteiger partial charge in [-0.3, -0.25) is 0 Å². The van der Waals surface area contributed by atoms with E-state index in [2.05, 4.69) is 19.6 Å². The summed E-state index contributed by atoms with van der Waals surface area (Å²) < 4.78 is 39.0. The van der Waals surface area contributed by atoms with E-state index in [0.29, 0.717) is 12.1 Å². The number of aromatic nitrogens is 1. The van der Waals surface area contributed by atoms with E-state index in [1.54, 1.807) is 0 Å². The second kappa shape index (κ2) is 7.53. The lowest BCUT2D eigenvalue weighted by Gasteiger charge is -2.32. The smallest absolute Gasteiger partial charge is 0.408 e. The number of hydrogen-bond donors (Lipinski definition) is 0. The van der Waals surface area contributed by atoms with E-state index in [0.717, 1.165) is 6.04 Å². The molecule has 0 amide bonds. The van der Waals surface area contributed by atoms with Crippen LogP contribution >= 0.6 is 11.6 Å². The molecule has 6 nitrogen and oxygen atoms in total. The average molecular weight is 444 g/mol. The van der Waals surface area contributed by atoms with Crippen molar-refractivity contribution in [1.29, 1.82) is 0 Å². The zero-order valence-electron chi connectivity index (χ0n) is 18.0. The van der Waals surface area contributed by atoms with Crippen LogP contribution in [0.5, 0.6) is 0 Å². The van der Waals surface area contributed by atoms with Crippen molar-refractivity contribution < 1.29 is 22.9 Å². The Kier molecular flexibility index (Phi) is 5.86. The van der Waals surface area contributed by atoms with Crippen molar-refractivity contribution in [3.05, 3.63) is 27.5 Å². The first-order valence-electron chi connectivity index (χ1n) is 9.68. The number of halogens is 2. The molecular formula is C19H28BClFNO5Si.